The lowest BCUT2D eigenvalue weighted by Gasteiger charge is -2.23. The van der Waals surface area contributed by atoms with E-state index in [4.69, 9.17) is 11.6 Å². The summed E-state index contributed by atoms with van der Waals surface area (Å²) >= 11 is 6.04. The van der Waals surface area contributed by atoms with Gasteiger partial charge in [-0.05, 0) is 32.7 Å². The summed E-state index contributed by atoms with van der Waals surface area (Å²) in [6, 6.07) is 0.664. The van der Waals surface area contributed by atoms with Crippen molar-refractivity contribution in [1.29, 1.82) is 0 Å². The van der Waals surface area contributed by atoms with Crippen molar-refractivity contribution in [3.63, 3.8) is 0 Å². The van der Waals surface area contributed by atoms with Crippen LogP contribution in [-0.4, -0.2) is 22.1 Å². The van der Waals surface area contributed by atoms with Gasteiger partial charge in [-0.15, -0.1) is 0 Å². The van der Waals surface area contributed by atoms with Crippen LogP contribution in [0.3, 0.4) is 0 Å². The first-order valence-electron chi connectivity index (χ1n) is 5.68. The molecule has 1 unspecified atom stereocenters. The number of imidazole rings is 1. The summed E-state index contributed by atoms with van der Waals surface area (Å²) in [5, 5.41) is 4.30. The van der Waals surface area contributed by atoms with E-state index in [9.17, 15) is 0 Å². The maximum absolute atomic E-state index is 6.04. The maximum atomic E-state index is 6.04. The largest absolute Gasteiger partial charge is 0.319 e. The first-order chi connectivity index (χ1) is 7.27. The molecule has 0 amide bonds. The molecule has 0 spiro atoms. The second-order valence-corrected chi connectivity index (χ2v) is 4.60. The van der Waals surface area contributed by atoms with Gasteiger partial charge < -0.3 is 9.88 Å². The van der Waals surface area contributed by atoms with Crippen LogP contribution in [0.4, 0.5) is 0 Å². The molecule has 0 aliphatic carbocycles. The molecule has 1 saturated heterocycles. The van der Waals surface area contributed by atoms with E-state index < -0.39 is 0 Å². The number of aryl methyl sites for hydroxylation is 1. The first-order valence-corrected chi connectivity index (χ1v) is 6.06. The van der Waals surface area contributed by atoms with Gasteiger partial charge in [0.1, 0.15) is 11.0 Å². The quantitative estimate of drug-likeness (QED) is 0.860. The molecule has 0 bridgehead atoms. The summed E-state index contributed by atoms with van der Waals surface area (Å²) in [7, 11) is 0. The highest BCUT2D eigenvalue weighted by Crippen LogP contribution is 2.15. The molecule has 3 nitrogen and oxygen atoms in total. The Balaban J connectivity index is 1.87. The molecule has 1 aromatic heterocycles. The van der Waals surface area contributed by atoms with Crippen molar-refractivity contribution in [2.75, 3.05) is 6.54 Å². The van der Waals surface area contributed by atoms with Crippen molar-refractivity contribution in [3.8, 4) is 0 Å². The molecule has 0 radical (unpaired) electrons. The first kappa shape index (κ1) is 11.0. The summed E-state index contributed by atoms with van der Waals surface area (Å²) < 4.78 is 2.08. The van der Waals surface area contributed by atoms with Crippen LogP contribution in [0, 0.1) is 6.92 Å². The zero-order valence-corrected chi connectivity index (χ0v) is 9.93. The molecule has 1 atom stereocenters. The molecular weight excluding hydrogens is 210 g/mol. The molecule has 84 valence electrons. The molecule has 1 aliphatic rings. The van der Waals surface area contributed by atoms with Gasteiger partial charge in [0, 0.05) is 12.6 Å². The van der Waals surface area contributed by atoms with Crippen LogP contribution in [0.15, 0.2) is 6.20 Å². The highest BCUT2D eigenvalue weighted by Gasteiger charge is 2.13. The molecule has 0 saturated carbocycles. The third-order valence-electron chi connectivity index (χ3n) is 3.12. The lowest BCUT2D eigenvalue weighted by molar-refractivity contribution is 0.365. The van der Waals surface area contributed by atoms with Crippen molar-refractivity contribution in [2.24, 2.45) is 0 Å². The minimum atomic E-state index is 0.664. The number of piperidine rings is 1. The minimum Gasteiger partial charge on any atom is -0.319 e. The minimum absolute atomic E-state index is 0.664. The number of hydrogen-bond donors (Lipinski definition) is 1. The van der Waals surface area contributed by atoms with Crippen molar-refractivity contribution < 1.29 is 0 Å². The Morgan fingerprint density at radius 1 is 1.60 bits per heavy atom. The number of rotatable bonds is 3. The van der Waals surface area contributed by atoms with E-state index >= 15 is 0 Å². The van der Waals surface area contributed by atoms with E-state index in [1.54, 1.807) is 6.20 Å². The average molecular weight is 228 g/mol. The molecule has 0 aromatic carbocycles. The van der Waals surface area contributed by atoms with Gasteiger partial charge in [-0.2, -0.15) is 0 Å². The van der Waals surface area contributed by atoms with Gasteiger partial charge in [-0.1, -0.05) is 18.0 Å². The Hall–Kier alpha value is -0.540. The Labute approximate surface area is 95.8 Å². The average Bonchev–Trinajstić information content (AvgIpc) is 2.58. The predicted molar refractivity (Wildman–Crippen MR) is 62.2 cm³/mol. The van der Waals surface area contributed by atoms with Gasteiger partial charge >= 0.3 is 0 Å². The Morgan fingerprint density at radius 2 is 2.47 bits per heavy atom. The monoisotopic (exact) mass is 227 g/mol. The van der Waals surface area contributed by atoms with Crippen LogP contribution in [0.25, 0.3) is 0 Å². The van der Waals surface area contributed by atoms with Gasteiger partial charge in [-0.3, -0.25) is 0 Å². The Morgan fingerprint density at radius 3 is 3.07 bits per heavy atom. The number of nitrogens with zero attached hydrogens (tertiary/aromatic N) is 2. The van der Waals surface area contributed by atoms with Crippen LogP contribution in [-0.2, 0) is 6.54 Å². The number of aromatic nitrogens is 2. The normalized spacial score (nSPS) is 21.9. The zero-order chi connectivity index (χ0) is 10.7. The Kier molecular flexibility index (Phi) is 3.65. The highest BCUT2D eigenvalue weighted by molar-refractivity contribution is 6.29. The molecule has 15 heavy (non-hydrogen) atoms. The van der Waals surface area contributed by atoms with E-state index in [-0.39, 0.29) is 0 Å². The summed E-state index contributed by atoms with van der Waals surface area (Å²) in [6.07, 6.45) is 6.85. The van der Waals surface area contributed by atoms with Gasteiger partial charge in [0.15, 0.2) is 0 Å². The van der Waals surface area contributed by atoms with E-state index in [1.807, 2.05) is 6.92 Å². The van der Waals surface area contributed by atoms with Crippen molar-refractivity contribution >= 4 is 11.6 Å². The lowest BCUT2D eigenvalue weighted by atomic mass is 10.0. The van der Waals surface area contributed by atoms with Crippen LogP contribution in [0.5, 0.6) is 0 Å². The second-order valence-electron chi connectivity index (χ2n) is 4.22. The summed E-state index contributed by atoms with van der Waals surface area (Å²) in [5.74, 6) is 1.01. The van der Waals surface area contributed by atoms with E-state index in [1.165, 1.54) is 25.8 Å². The highest BCUT2D eigenvalue weighted by atomic mass is 35.5. The van der Waals surface area contributed by atoms with E-state index in [0.29, 0.717) is 6.04 Å². The summed E-state index contributed by atoms with van der Waals surface area (Å²) in [6.45, 7) is 4.14. The topological polar surface area (TPSA) is 29.9 Å². The van der Waals surface area contributed by atoms with Gasteiger partial charge in [0.05, 0.1) is 6.20 Å². The van der Waals surface area contributed by atoms with Gasteiger partial charge in [0.25, 0.3) is 0 Å². The van der Waals surface area contributed by atoms with Crippen molar-refractivity contribution in [3.05, 3.63) is 17.2 Å². The van der Waals surface area contributed by atoms with Crippen molar-refractivity contribution in [2.45, 2.75) is 45.2 Å². The van der Waals surface area contributed by atoms with Crippen LogP contribution in [0.1, 0.15) is 31.5 Å². The molecule has 1 aromatic rings. The molecule has 1 N–H and O–H groups in total. The molecule has 1 fully saturated rings. The lowest BCUT2D eigenvalue weighted by Crippen LogP contribution is -2.34. The van der Waals surface area contributed by atoms with Gasteiger partial charge in [0.2, 0.25) is 0 Å². The van der Waals surface area contributed by atoms with Crippen molar-refractivity contribution in [1.82, 2.24) is 14.9 Å². The predicted octanol–water partition coefficient (Wildman–Crippen LogP) is 2.38. The van der Waals surface area contributed by atoms with Gasteiger partial charge in [-0.25, -0.2) is 4.98 Å². The number of nitrogens with one attached hydrogen (secondary N) is 1. The smallest absolute Gasteiger partial charge is 0.128 e. The molecule has 1 aliphatic heterocycles. The molecule has 2 heterocycles. The fourth-order valence-corrected chi connectivity index (χ4v) is 2.42. The zero-order valence-electron chi connectivity index (χ0n) is 9.17. The van der Waals surface area contributed by atoms with E-state index in [0.717, 1.165) is 23.9 Å². The third-order valence-corrected chi connectivity index (χ3v) is 3.42. The molecule has 4 heteroatoms. The number of halogens is 1. The summed E-state index contributed by atoms with van der Waals surface area (Å²) in [5.41, 5.74) is 0. The Bertz CT molecular complexity index is 296. The fraction of sp³-hybridized carbons (Fsp3) is 0.727. The number of hydrogen-bond acceptors (Lipinski definition) is 2. The fourth-order valence-electron chi connectivity index (χ4n) is 2.16. The SMILES string of the molecule is Cc1ncc(Cl)n1CCC1CCCCN1. The molecular formula is C11H18ClN3. The molecule has 2 rings (SSSR count). The standard InChI is InChI=1S/C11H18ClN3/c1-9-14-8-11(12)15(9)7-5-10-4-2-3-6-13-10/h8,10,13H,2-7H2,1H3. The van der Waals surface area contributed by atoms with Crippen LogP contribution < -0.4 is 5.32 Å². The van der Waals surface area contributed by atoms with Crippen LogP contribution in [0.2, 0.25) is 5.15 Å². The van der Waals surface area contributed by atoms with Crippen LogP contribution >= 0.6 is 11.6 Å². The third kappa shape index (κ3) is 2.73. The second kappa shape index (κ2) is 4.99. The maximum Gasteiger partial charge on any atom is 0.128 e. The van der Waals surface area contributed by atoms with E-state index in [2.05, 4.69) is 14.9 Å². The summed E-state index contributed by atoms with van der Waals surface area (Å²) in [4.78, 5) is 4.19.